The first-order valence-corrected chi connectivity index (χ1v) is 6.25. The molecule has 1 aliphatic heterocycles. The predicted molar refractivity (Wildman–Crippen MR) is 80.1 cm³/mol. The van der Waals surface area contributed by atoms with E-state index < -0.39 is 0 Å². The number of benzene rings is 2. The molecule has 3 rings (SSSR count). The van der Waals surface area contributed by atoms with Gasteiger partial charge in [0.1, 0.15) is 29.6 Å². The molecule has 2 aromatic rings. The van der Waals surface area contributed by atoms with Crippen molar-refractivity contribution in [3.05, 3.63) is 42.5 Å². The molecular formula is C15H15N3O2. The number of nitrogens with two attached hydrogens (primary N) is 1. The van der Waals surface area contributed by atoms with Crippen LogP contribution in [0.15, 0.2) is 47.5 Å². The van der Waals surface area contributed by atoms with Gasteiger partial charge >= 0.3 is 0 Å². The van der Waals surface area contributed by atoms with Gasteiger partial charge in [-0.05, 0) is 42.5 Å². The van der Waals surface area contributed by atoms with Gasteiger partial charge in [-0.3, -0.25) is 0 Å². The molecular weight excluding hydrogens is 254 g/mol. The van der Waals surface area contributed by atoms with E-state index in [1.807, 2.05) is 30.3 Å². The highest BCUT2D eigenvalue weighted by atomic mass is 16.5. The van der Waals surface area contributed by atoms with Gasteiger partial charge in [0.15, 0.2) is 0 Å². The van der Waals surface area contributed by atoms with Gasteiger partial charge in [0.05, 0.1) is 7.11 Å². The lowest BCUT2D eigenvalue weighted by molar-refractivity contribution is 0.372. The molecule has 0 unspecified atom stereocenters. The van der Waals surface area contributed by atoms with E-state index in [2.05, 4.69) is 10.3 Å². The number of rotatable bonds is 2. The van der Waals surface area contributed by atoms with Crippen molar-refractivity contribution in [1.82, 2.24) is 0 Å². The van der Waals surface area contributed by atoms with E-state index >= 15 is 0 Å². The highest BCUT2D eigenvalue weighted by Crippen LogP contribution is 2.32. The summed E-state index contributed by atoms with van der Waals surface area (Å²) in [6.45, 7) is 0.406. The normalized spacial score (nSPS) is 12.9. The number of hydrogen-bond acceptors (Lipinski definition) is 5. The summed E-state index contributed by atoms with van der Waals surface area (Å²) < 4.78 is 10.8. The monoisotopic (exact) mass is 269 g/mol. The summed E-state index contributed by atoms with van der Waals surface area (Å²) in [5, 5.41) is 3.22. The second-order valence-electron chi connectivity index (χ2n) is 4.43. The molecule has 2 aromatic carbocycles. The zero-order chi connectivity index (χ0) is 13.9. The summed E-state index contributed by atoms with van der Waals surface area (Å²) in [5.74, 6) is 2.31. The Kier molecular flexibility index (Phi) is 3.16. The Morgan fingerprint density at radius 3 is 2.75 bits per heavy atom. The van der Waals surface area contributed by atoms with Crippen LogP contribution >= 0.6 is 0 Å². The highest BCUT2D eigenvalue weighted by Gasteiger charge is 2.13. The molecule has 102 valence electrons. The molecule has 1 heterocycles. The molecule has 0 atom stereocenters. The largest absolute Gasteiger partial charge is 0.497 e. The van der Waals surface area contributed by atoms with E-state index in [-0.39, 0.29) is 0 Å². The van der Waals surface area contributed by atoms with Gasteiger partial charge in [-0.25, -0.2) is 4.99 Å². The van der Waals surface area contributed by atoms with E-state index in [9.17, 15) is 0 Å². The molecule has 1 aliphatic rings. The summed E-state index contributed by atoms with van der Waals surface area (Å²) in [7, 11) is 1.64. The lowest BCUT2D eigenvalue weighted by Gasteiger charge is -2.18. The molecule has 0 spiro atoms. The Bertz CT molecular complexity index is 651. The second-order valence-corrected chi connectivity index (χ2v) is 4.43. The molecule has 5 nitrogen and oxygen atoms in total. The summed E-state index contributed by atoms with van der Waals surface area (Å²) in [4.78, 5) is 4.51. The molecule has 5 heteroatoms. The van der Waals surface area contributed by atoms with E-state index in [0.29, 0.717) is 12.3 Å². The Morgan fingerprint density at radius 1 is 1.20 bits per heavy atom. The van der Waals surface area contributed by atoms with Crippen LogP contribution in [-0.2, 0) is 0 Å². The van der Waals surface area contributed by atoms with Crippen molar-refractivity contribution in [2.24, 2.45) is 4.99 Å². The third-order valence-corrected chi connectivity index (χ3v) is 2.98. The zero-order valence-electron chi connectivity index (χ0n) is 11.1. The van der Waals surface area contributed by atoms with Gasteiger partial charge in [-0.15, -0.1) is 0 Å². The van der Waals surface area contributed by atoms with Gasteiger partial charge in [-0.2, -0.15) is 0 Å². The number of nitrogens with one attached hydrogen (secondary N) is 1. The topological polar surface area (TPSA) is 68.9 Å². The van der Waals surface area contributed by atoms with E-state index in [4.69, 9.17) is 15.2 Å². The number of nitrogens with zero attached hydrogens (tertiary/aromatic N) is 1. The van der Waals surface area contributed by atoms with Crippen molar-refractivity contribution in [3.63, 3.8) is 0 Å². The third-order valence-electron chi connectivity index (χ3n) is 2.98. The van der Waals surface area contributed by atoms with Gasteiger partial charge in [-0.1, -0.05) is 0 Å². The number of ether oxygens (including phenoxy) is 2. The van der Waals surface area contributed by atoms with Gasteiger partial charge < -0.3 is 20.5 Å². The molecule has 0 fully saturated rings. The standard InChI is InChI=1S/C15H15N3O2/c1-19-12-5-3-11(4-6-12)17-15-9-20-14-7-2-10(16)8-13(14)18-15/h2-8H,9,16H2,1H3,(H,17,18). The summed E-state index contributed by atoms with van der Waals surface area (Å²) in [6.07, 6.45) is 0. The van der Waals surface area contributed by atoms with Crippen molar-refractivity contribution in [2.45, 2.75) is 0 Å². The zero-order valence-corrected chi connectivity index (χ0v) is 11.1. The predicted octanol–water partition coefficient (Wildman–Crippen LogP) is 2.81. The summed E-state index contributed by atoms with van der Waals surface area (Å²) in [5.41, 5.74) is 8.09. The summed E-state index contributed by atoms with van der Waals surface area (Å²) in [6, 6.07) is 13.1. The van der Waals surface area contributed by atoms with Crippen molar-refractivity contribution in [3.8, 4) is 11.5 Å². The Morgan fingerprint density at radius 2 is 2.00 bits per heavy atom. The average Bonchev–Trinajstić information content (AvgIpc) is 2.47. The van der Waals surface area contributed by atoms with Crippen LogP contribution in [0, 0.1) is 0 Å². The Balaban J connectivity index is 1.81. The number of hydrogen-bond donors (Lipinski definition) is 2. The van der Waals surface area contributed by atoms with Gasteiger partial charge in [0, 0.05) is 11.4 Å². The van der Waals surface area contributed by atoms with Crippen molar-refractivity contribution in [2.75, 3.05) is 24.8 Å². The fourth-order valence-corrected chi connectivity index (χ4v) is 1.97. The van der Waals surface area contributed by atoms with E-state index in [1.165, 1.54) is 0 Å². The molecule has 0 bridgehead atoms. The minimum absolute atomic E-state index is 0.406. The molecule has 0 aliphatic carbocycles. The highest BCUT2D eigenvalue weighted by molar-refractivity contribution is 5.99. The maximum atomic E-state index is 5.75. The number of nitrogen functional groups attached to an aromatic ring is 1. The van der Waals surface area contributed by atoms with E-state index in [1.54, 1.807) is 19.2 Å². The molecule has 0 saturated carbocycles. The first-order chi connectivity index (χ1) is 9.74. The van der Waals surface area contributed by atoms with Crippen LogP contribution < -0.4 is 20.5 Å². The van der Waals surface area contributed by atoms with Crippen LogP contribution in [0.3, 0.4) is 0 Å². The van der Waals surface area contributed by atoms with Crippen molar-refractivity contribution >= 4 is 22.9 Å². The van der Waals surface area contributed by atoms with Crippen LogP contribution in [0.4, 0.5) is 17.1 Å². The SMILES string of the molecule is COc1ccc(NC2=Nc3cc(N)ccc3OC2)cc1. The van der Waals surface area contributed by atoms with Gasteiger partial charge in [0.25, 0.3) is 0 Å². The lowest BCUT2D eigenvalue weighted by atomic mass is 10.2. The van der Waals surface area contributed by atoms with Crippen LogP contribution in [0.25, 0.3) is 0 Å². The lowest BCUT2D eigenvalue weighted by Crippen LogP contribution is -2.23. The van der Waals surface area contributed by atoms with Crippen LogP contribution in [0.1, 0.15) is 0 Å². The molecule has 20 heavy (non-hydrogen) atoms. The smallest absolute Gasteiger partial charge is 0.146 e. The molecule has 0 amide bonds. The number of amidine groups is 1. The van der Waals surface area contributed by atoms with Gasteiger partial charge in [0.2, 0.25) is 0 Å². The third kappa shape index (κ3) is 2.51. The van der Waals surface area contributed by atoms with E-state index in [0.717, 1.165) is 28.7 Å². The fraction of sp³-hybridized carbons (Fsp3) is 0.133. The maximum Gasteiger partial charge on any atom is 0.146 e. The number of fused-ring (bicyclic) bond motifs is 1. The fourth-order valence-electron chi connectivity index (χ4n) is 1.97. The summed E-state index contributed by atoms with van der Waals surface area (Å²) >= 11 is 0. The molecule has 0 saturated heterocycles. The minimum Gasteiger partial charge on any atom is -0.497 e. The molecule has 3 N–H and O–H groups in total. The second kappa shape index (κ2) is 5.13. The number of aliphatic imine (C=N–C) groups is 1. The number of methoxy groups -OCH3 is 1. The van der Waals surface area contributed by atoms with Crippen molar-refractivity contribution < 1.29 is 9.47 Å². The molecule has 0 aromatic heterocycles. The van der Waals surface area contributed by atoms with Crippen LogP contribution in [0.5, 0.6) is 11.5 Å². The quantitative estimate of drug-likeness (QED) is 0.822. The Hall–Kier alpha value is -2.69. The van der Waals surface area contributed by atoms with Crippen LogP contribution in [-0.4, -0.2) is 19.6 Å². The maximum absolute atomic E-state index is 5.75. The van der Waals surface area contributed by atoms with Crippen molar-refractivity contribution in [1.29, 1.82) is 0 Å². The minimum atomic E-state index is 0.406. The number of anilines is 2. The first-order valence-electron chi connectivity index (χ1n) is 6.25. The first kappa shape index (κ1) is 12.3. The average molecular weight is 269 g/mol. The Labute approximate surface area is 117 Å². The molecule has 0 radical (unpaired) electrons. The van der Waals surface area contributed by atoms with Crippen LogP contribution in [0.2, 0.25) is 0 Å².